The quantitative estimate of drug-likeness (QED) is 0.770. The number of pyridine rings is 1. The van der Waals surface area contributed by atoms with Gasteiger partial charge in [0.2, 0.25) is 5.95 Å². The number of imidazole rings is 1. The van der Waals surface area contributed by atoms with Crippen LogP contribution in [0.1, 0.15) is 11.4 Å². The smallest absolute Gasteiger partial charge is 0.200 e. The van der Waals surface area contributed by atoms with Gasteiger partial charge in [-0.1, -0.05) is 6.07 Å². The van der Waals surface area contributed by atoms with Crippen LogP contribution in [0.2, 0.25) is 0 Å². The summed E-state index contributed by atoms with van der Waals surface area (Å²) in [6, 6.07) is 5.82. The highest BCUT2D eigenvalue weighted by Gasteiger charge is 2.01. The first-order valence-electron chi connectivity index (χ1n) is 4.45. The van der Waals surface area contributed by atoms with E-state index in [-0.39, 0.29) is 0 Å². The maximum Gasteiger partial charge on any atom is 0.200 e. The lowest BCUT2D eigenvalue weighted by molar-refractivity contribution is 0.784. The van der Waals surface area contributed by atoms with Gasteiger partial charge < -0.3 is 10.3 Å². The van der Waals surface area contributed by atoms with Crippen molar-refractivity contribution in [1.82, 2.24) is 14.5 Å². The second-order valence-corrected chi connectivity index (χ2v) is 3.19. The number of aromatic nitrogens is 3. The van der Waals surface area contributed by atoms with Crippen LogP contribution in [0.15, 0.2) is 30.6 Å². The zero-order chi connectivity index (χ0) is 9.97. The van der Waals surface area contributed by atoms with Gasteiger partial charge >= 0.3 is 0 Å². The van der Waals surface area contributed by atoms with Gasteiger partial charge in [-0.25, -0.2) is 4.98 Å². The Labute approximate surface area is 82.4 Å². The summed E-state index contributed by atoms with van der Waals surface area (Å²) in [6.07, 6.45) is 3.69. The van der Waals surface area contributed by atoms with Crippen molar-refractivity contribution in [3.8, 4) is 0 Å². The SMILES string of the molecule is Cc1cn(Cc2ccccn2)c(N)n1. The molecule has 0 saturated heterocycles. The third-order valence-electron chi connectivity index (χ3n) is 1.99. The first-order valence-corrected chi connectivity index (χ1v) is 4.45. The molecule has 0 aromatic carbocycles. The predicted octanol–water partition coefficient (Wildman–Crippen LogP) is 1.22. The molecule has 0 aliphatic rings. The Bertz CT molecular complexity index is 419. The summed E-state index contributed by atoms with van der Waals surface area (Å²) in [5.41, 5.74) is 7.63. The summed E-state index contributed by atoms with van der Waals surface area (Å²) in [7, 11) is 0. The normalized spacial score (nSPS) is 10.4. The molecular formula is C10H12N4. The van der Waals surface area contributed by atoms with Crippen molar-refractivity contribution in [2.24, 2.45) is 0 Å². The predicted molar refractivity (Wildman–Crippen MR) is 54.7 cm³/mol. The molecule has 0 unspecified atom stereocenters. The van der Waals surface area contributed by atoms with Gasteiger partial charge in [0, 0.05) is 12.4 Å². The van der Waals surface area contributed by atoms with Crippen molar-refractivity contribution in [1.29, 1.82) is 0 Å². The van der Waals surface area contributed by atoms with Crippen LogP contribution >= 0.6 is 0 Å². The number of hydrogen-bond donors (Lipinski definition) is 1. The summed E-state index contributed by atoms with van der Waals surface area (Å²) in [6.45, 7) is 2.60. The first-order chi connectivity index (χ1) is 6.75. The average Bonchev–Trinajstić information content (AvgIpc) is 2.47. The van der Waals surface area contributed by atoms with Crippen LogP contribution in [0.25, 0.3) is 0 Å². The molecule has 0 aliphatic heterocycles. The van der Waals surface area contributed by atoms with Crippen molar-refractivity contribution in [3.63, 3.8) is 0 Å². The van der Waals surface area contributed by atoms with E-state index < -0.39 is 0 Å². The van der Waals surface area contributed by atoms with Gasteiger partial charge in [-0.2, -0.15) is 0 Å². The highest BCUT2D eigenvalue weighted by atomic mass is 15.1. The maximum absolute atomic E-state index is 5.71. The molecule has 4 heteroatoms. The molecule has 4 nitrogen and oxygen atoms in total. The molecular weight excluding hydrogens is 176 g/mol. The number of nitrogen functional groups attached to an aromatic ring is 1. The van der Waals surface area contributed by atoms with Gasteiger partial charge in [0.25, 0.3) is 0 Å². The molecule has 2 aromatic rings. The van der Waals surface area contributed by atoms with E-state index in [1.165, 1.54) is 0 Å². The van der Waals surface area contributed by atoms with Gasteiger partial charge in [-0.3, -0.25) is 4.98 Å². The lowest BCUT2D eigenvalue weighted by Crippen LogP contribution is -2.04. The van der Waals surface area contributed by atoms with Crippen molar-refractivity contribution < 1.29 is 0 Å². The summed E-state index contributed by atoms with van der Waals surface area (Å²) in [5, 5.41) is 0. The number of nitrogens with two attached hydrogens (primary N) is 1. The number of nitrogens with zero attached hydrogens (tertiary/aromatic N) is 3. The minimum atomic E-state index is 0.535. The largest absolute Gasteiger partial charge is 0.369 e. The van der Waals surface area contributed by atoms with Crippen LogP contribution < -0.4 is 5.73 Å². The Kier molecular flexibility index (Phi) is 2.18. The van der Waals surface area contributed by atoms with E-state index in [0.717, 1.165) is 11.4 Å². The molecule has 2 N–H and O–H groups in total. The third kappa shape index (κ3) is 1.74. The molecule has 2 heterocycles. The van der Waals surface area contributed by atoms with Crippen LogP contribution in [-0.4, -0.2) is 14.5 Å². The van der Waals surface area contributed by atoms with E-state index >= 15 is 0 Å². The number of aryl methyl sites for hydroxylation is 1. The second kappa shape index (κ2) is 3.49. The number of rotatable bonds is 2. The van der Waals surface area contributed by atoms with E-state index in [9.17, 15) is 0 Å². The van der Waals surface area contributed by atoms with Gasteiger partial charge in [0.15, 0.2) is 0 Å². The molecule has 0 radical (unpaired) electrons. The molecule has 2 aromatic heterocycles. The van der Waals surface area contributed by atoms with Crippen LogP contribution in [-0.2, 0) is 6.54 Å². The number of anilines is 1. The van der Waals surface area contributed by atoms with Gasteiger partial charge in [-0.05, 0) is 19.1 Å². The van der Waals surface area contributed by atoms with E-state index in [2.05, 4.69) is 9.97 Å². The zero-order valence-electron chi connectivity index (χ0n) is 8.01. The van der Waals surface area contributed by atoms with Crippen LogP contribution in [0.4, 0.5) is 5.95 Å². The standard InChI is InChI=1S/C10H12N4/c1-8-6-14(10(11)13-8)7-9-4-2-3-5-12-9/h2-6H,7H2,1H3,(H2,11,13). The molecule has 0 aliphatic carbocycles. The van der Waals surface area contributed by atoms with Crippen LogP contribution in [0.3, 0.4) is 0 Å². The third-order valence-corrected chi connectivity index (χ3v) is 1.99. The van der Waals surface area contributed by atoms with Gasteiger partial charge in [0.05, 0.1) is 17.9 Å². The Morgan fingerprint density at radius 3 is 2.86 bits per heavy atom. The minimum absolute atomic E-state index is 0.535. The summed E-state index contributed by atoms with van der Waals surface area (Å²) >= 11 is 0. The van der Waals surface area contributed by atoms with E-state index in [0.29, 0.717) is 12.5 Å². The molecule has 0 atom stereocenters. The first kappa shape index (κ1) is 8.74. The zero-order valence-corrected chi connectivity index (χ0v) is 8.01. The van der Waals surface area contributed by atoms with Crippen LogP contribution in [0, 0.1) is 6.92 Å². The molecule has 0 saturated carbocycles. The monoisotopic (exact) mass is 188 g/mol. The lowest BCUT2D eigenvalue weighted by Gasteiger charge is -2.02. The van der Waals surface area contributed by atoms with Gasteiger partial charge in [-0.15, -0.1) is 0 Å². The maximum atomic E-state index is 5.71. The Morgan fingerprint density at radius 1 is 1.43 bits per heavy atom. The van der Waals surface area contributed by atoms with E-state index in [1.807, 2.05) is 35.9 Å². The topological polar surface area (TPSA) is 56.7 Å². The highest BCUT2D eigenvalue weighted by Crippen LogP contribution is 2.06. The van der Waals surface area contributed by atoms with Crippen molar-refractivity contribution in [2.75, 3.05) is 5.73 Å². The molecule has 14 heavy (non-hydrogen) atoms. The molecule has 0 amide bonds. The Hall–Kier alpha value is -1.84. The molecule has 0 spiro atoms. The van der Waals surface area contributed by atoms with Gasteiger partial charge in [0.1, 0.15) is 0 Å². The van der Waals surface area contributed by atoms with Crippen molar-refractivity contribution in [2.45, 2.75) is 13.5 Å². The Morgan fingerprint density at radius 2 is 2.29 bits per heavy atom. The lowest BCUT2D eigenvalue weighted by atomic mass is 10.3. The molecule has 2 rings (SSSR count). The minimum Gasteiger partial charge on any atom is -0.369 e. The molecule has 72 valence electrons. The summed E-state index contributed by atoms with van der Waals surface area (Å²) in [5.74, 6) is 0.535. The fraction of sp³-hybridized carbons (Fsp3) is 0.200. The second-order valence-electron chi connectivity index (χ2n) is 3.19. The fourth-order valence-electron chi connectivity index (χ4n) is 1.36. The molecule has 0 bridgehead atoms. The Balaban J connectivity index is 2.23. The average molecular weight is 188 g/mol. The fourth-order valence-corrected chi connectivity index (χ4v) is 1.36. The van der Waals surface area contributed by atoms with Crippen molar-refractivity contribution in [3.05, 3.63) is 42.0 Å². The number of hydrogen-bond acceptors (Lipinski definition) is 3. The molecule has 0 fully saturated rings. The van der Waals surface area contributed by atoms with Crippen LogP contribution in [0.5, 0.6) is 0 Å². The van der Waals surface area contributed by atoms with E-state index in [4.69, 9.17) is 5.73 Å². The van der Waals surface area contributed by atoms with E-state index in [1.54, 1.807) is 6.20 Å². The van der Waals surface area contributed by atoms with Crippen molar-refractivity contribution >= 4 is 5.95 Å². The summed E-state index contributed by atoms with van der Waals surface area (Å²) in [4.78, 5) is 8.34. The summed E-state index contributed by atoms with van der Waals surface area (Å²) < 4.78 is 1.89. The highest BCUT2D eigenvalue weighted by molar-refractivity contribution is 5.22.